The predicted octanol–water partition coefficient (Wildman–Crippen LogP) is 1.84. The Hall–Kier alpha value is -1.03. The number of rotatable bonds is 1. The fraction of sp³-hybridized carbons (Fsp3) is 0.222. The first-order chi connectivity index (χ1) is 6.24. The van der Waals surface area contributed by atoms with Gasteiger partial charge in [-0.1, -0.05) is 6.07 Å². The first-order valence-corrected chi connectivity index (χ1v) is 4.76. The molecule has 0 radical (unpaired) electrons. The van der Waals surface area contributed by atoms with Crippen LogP contribution >= 0.6 is 15.9 Å². The second kappa shape index (κ2) is 3.03. The molecular weight excluding hydrogens is 232 g/mol. The smallest absolute Gasteiger partial charge is 0.162 e. The molecule has 1 atom stereocenters. The third-order valence-electron chi connectivity index (χ3n) is 2.19. The lowest BCUT2D eigenvalue weighted by molar-refractivity contribution is -0.108. The maximum absolute atomic E-state index is 10.7. The van der Waals surface area contributed by atoms with Crippen LogP contribution in [0.3, 0.4) is 0 Å². The highest BCUT2D eigenvalue weighted by molar-refractivity contribution is 9.10. The van der Waals surface area contributed by atoms with Crippen LogP contribution in [0.15, 0.2) is 22.7 Å². The second-order valence-corrected chi connectivity index (χ2v) is 3.83. The summed E-state index contributed by atoms with van der Waals surface area (Å²) in [6.45, 7) is 0. The normalized spacial score (nSPS) is 19.5. The molecule has 1 aromatic rings. The van der Waals surface area contributed by atoms with Crippen molar-refractivity contribution in [2.75, 3.05) is 17.3 Å². The topological polar surface area (TPSA) is 32.3 Å². The zero-order valence-electron chi connectivity index (χ0n) is 7.12. The molecule has 0 spiro atoms. The van der Waals surface area contributed by atoms with Crippen LogP contribution in [-0.2, 0) is 4.79 Å². The molecule has 4 heteroatoms. The van der Waals surface area contributed by atoms with Gasteiger partial charge in [-0.2, -0.15) is 0 Å². The number of benzene rings is 1. The first-order valence-electron chi connectivity index (χ1n) is 3.97. The van der Waals surface area contributed by atoms with E-state index < -0.39 is 0 Å². The standard InChI is InChI=1S/C9H9BrN2O/c1-12-8(5-13)11-7-4-2-3-6(10)9(7)12/h2-5,8,11H,1H3. The van der Waals surface area contributed by atoms with Crippen LogP contribution < -0.4 is 10.2 Å². The highest BCUT2D eigenvalue weighted by Crippen LogP contribution is 2.38. The number of nitrogens with one attached hydrogen (secondary N) is 1. The number of carbonyl (C=O) groups is 1. The quantitative estimate of drug-likeness (QED) is 0.761. The summed E-state index contributed by atoms with van der Waals surface area (Å²) in [5, 5.41) is 3.10. The molecule has 68 valence electrons. The molecule has 1 aromatic carbocycles. The van der Waals surface area contributed by atoms with Crippen molar-refractivity contribution in [1.82, 2.24) is 0 Å². The number of nitrogens with zero attached hydrogens (tertiary/aromatic N) is 1. The van der Waals surface area contributed by atoms with Gasteiger partial charge in [0.15, 0.2) is 12.5 Å². The molecule has 0 saturated heterocycles. The van der Waals surface area contributed by atoms with Crippen molar-refractivity contribution < 1.29 is 4.79 Å². The average Bonchev–Trinajstić information content (AvgIpc) is 2.44. The van der Waals surface area contributed by atoms with Crippen LogP contribution in [-0.4, -0.2) is 19.5 Å². The largest absolute Gasteiger partial charge is 0.358 e. The molecule has 3 nitrogen and oxygen atoms in total. The van der Waals surface area contributed by atoms with Crippen LogP contribution in [0.1, 0.15) is 0 Å². The van der Waals surface area contributed by atoms with E-state index in [-0.39, 0.29) is 6.17 Å². The summed E-state index contributed by atoms with van der Waals surface area (Å²) in [7, 11) is 1.89. The van der Waals surface area contributed by atoms with Gasteiger partial charge in [0.2, 0.25) is 0 Å². The third kappa shape index (κ3) is 1.21. The Morgan fingerprint density at radius 3 is 3.00 bits per heavy atom. The van der Waals surface area contributed by atoms with Gasteiger partial charge in [-0.05, 0) is 28.1 Å². The van der Waals surface area contributed by atoms with Gasteiger partial charge in [0, 0.05) is 11.5 Å². The van der Waals surface area contributed by atoms with Crippen LogP contribution in [0.5, 0.6) is 0 Å². The maximum Gasteiger partial charge on any atom is 0.162 e. The van der Waals surface area contributed by atoms with Gasteiger partial charge in [0.25, 0.3) is 0 Å². The summed E-state index contributed by atoms with van der Waals surface area (Å²) in [5.41, 5.74) is 2.04. The molecule has 0 saturated carbocycles. The van der Waals surface area contributed by atoms with E-state index in [0.29, 0.717) is 0 Å². The van der Waals surface area contributed by atoms with Gasteiger partial charge in [-0.15, -0.1) is 0 Å². The summed E-state index contributed by atoms with van der Waals surface area (Å²) in [6, 6.07) is 5.86. The molecule has 0 amide bonds. The maximum atomic E-state index is 10.7. The van der Waals surface area contributed by atoms with Crippen molar-refractivity contribution in [2.45, 2.75) is 6.17 Å². The minimum absolute atomic E-state index is 0.242. The first kappa shape index (κ1) is 8.56. The van der Waals surface area contributed by atoms with Gasteiger partial charge in [-0.25, -0.2) is 0 Å². The van der Waals surface area contributed by atoms with E-state index >= 15 is 0 Å². The Balaban J connectivity index is 2.50. The lowest BCUT2D eigenvalue weighted by Gasteiger charge is -2.16. The van der Waals surface area contributed by atoms with E-state index in [1.165, 1.54) is 0 Å². The number of fused-ring (bicyclic) bond motifs is 1. The summed E-state index contributed by atoms with van der Waals surface area (Å²) >= 11 is 3.45. The summed E-state index contributed by atoms with van der Waals surface area (Å²) < 4.78 is 1.00. The molecular formula is C9H9BrN2O. The van der Waals surface area contributed by atoms with Crippen LogP contribution in [0.25, 0.3) is 0 Å². The van der Waals surface area contributed by atoms with E-state index in [4.69, 9.17) is 0 Å². The summed E-state index contributed by atoms with van der Waals surface area (Å²) in [6.07, 6.45) is 0.653. The third-order valence-corrected chi connectivity index (χ3v) is 2.83. The minimum Gasteiger partial charge on any atom is -0.358 e. The number of para-hydroxylation sites is 1. The highest BCUT2D eigenvalue weighted by Gasteiger charge is 2.26. The minimum atomic E-state index is -0.242. The van der Waals surface area contributed by atoms with Crippen molar-refractivity contribution in [3.63, 3.8) is 0 Å². The molecule has 0 aliphatic carbocycles. The number of carbonyl (C=O) groups excluding carboxylic acids is 1. The van der Waals surface area contributed by atoms with Gasteiger partial charge < -0.3 is 10.2 Å². The molecule has 0 fully saturated rings. The Bertz CT molecular complexity index is 353. The number of hydrogen-bond donors (Lipinski definition) is 1. The Kier molecular flexibility index (Phi) is 2.00. The molecule has 1 N–H and O–H groups in total. The highest BCUT2D eigenvalue weighted by atomic mass is 79.9. The van der Waals surface area contributed by atoms with E-state index in [0.717, 1.165) is 22.1 Å². The lowest BCUT2D eigenvalue weighted by atomic mass is 10.3. The monoisotopic (exact) mass is 240 g/mol. The summed E-state index contributed by atoms with van der Waals surface area (Å²) in [4.78, 5) is 12.6. The van der Waals surface area contributed by atoms with Crippen molar-refractivity contribution in [2.24, 2.45) is 0 Å². The number of hydrogen-bond acceptors (Lipinski definition) is 3. The number of likely N-dealkylation sites (N-methyl/N-ethyl adjacent to an activating group) is 1. The van der Waals surface area contributed by atoms with Crippen molar-refractivity contribution in [3.8, 4) is 0 Å². The van der Waals surface area contributed by atoms with Gasteiger partial charge in [0.05, 0.1) is 11.4 Å². The van der Waals surface area contributed by atoms with Crippen LogP contribution in [0.4, 0.5) is 11.4 Å². The SMILES string of the molecule is CN1c2c(Br)cccc2NC1C=O. The number of anilines is 2. The van der Waals surface area contributed by atoms with Crippen molar-refractivity contribution in [1.29, 1.82) is 0 Å². The molecule has 1 heterocycles. The van der Waals surface area contributed by atoms with E-state index in [2.05, 4.69) is 21.2 Å². The van der Waals surface area contributed by atoms with Gasteiger partial charge >= 0.3 is 0 Å². The molecule has 0 bridgehead atoms. The van der Waals surface area contributed by atoms with E-state index in [9.17, 15) is 4.79 Å². The Labute approximate surface area is 84.9 Å². The molecule has 1 aliphatic rings. The number of halogens is 1. The fourth-order valence-electron chi connectivity index (χ4n) is 1.51. The molecule has 1 unspecified atom stereocenters. The molecule has 2 rings (SSSR count). The van der Waals surface area contributed by atoms with E-state index in [1.54, 1.807) is 0 Å². The average molecular weight is 241 g/mol. The van der Waals surface area contributed by atoms with Gasteiger partial charge in [-0.3, -0.25) is 4.79 Å². The van der Waals surface area contributed by atoms with Crippen molar-refractivity contribution in [3.05, 3.63) is 22.7 Å². The zero-order chi connectivity index (χ0) is 9.42. The summed E-state index contributed by atoms with van der Waals surface area (Å²) in [5.74, 6) is 0. The van der Waals surface area contributed by atoms with Crippen molar-refractivity contribution >= 4 is 33.6 Å². The zero-order valence-corrected chi connectivity index (χ0v) is 8.71. The van der Waals surface area contributed by atoms with Gasteiger partial charge in [0.1, 0.15) is 0 Å². The Morgan fingerprint density at radius 1 is 1.62 bits per heavy atom. The molecule has 1 aliphatic heterocycles. The predicted molar refractivity (Wildman–Crippen MR) is 56.0 cm³/mol. The lowest BCUT2D eigenvalue weighted by Crippen LogP contribution is -2.33. The molecule has 13 heavy (non-hydrogen) atoms. The fourth-order valence-corrected chi connectivity index (χ4v) is 2.16. The second-order valence-electron chi connectivity index (χ2n) is 2.97. The molecule has 0 aromatic heterocycles. The van der Waals surface area contributed by atoms with Crippen LogP contribution in [0.2, 0.25) is 0 Å². The Morgan fingerprint density at radius 2 is 2.38 bits per heavy atom. The number of aldehydes is 1. The van der Waals surface area contributed by atoms with Crippen LogP contribution in [0, 0.1) is 0 Å². The van der Waals surface area contributed by atoms with E-state index in [1.807, 2.05) is 30.1 Å².